The zero-order valence-corrected chi connectivity index (χ0v) is 8.25. The summed E-state index contributed by atoms with van der Waals surface area (Å²) in [4.78, 5) is 4.15. The van der Waals surface area contributed by atoms with Gasteiger partial charge in [0.1, 0.15) is 5.82 Å². The number of hydrogen-bond acceptors (Lipinski definition) is 2. The summed E-state index contributed by atoms with van der Waals surface area (Å²) in [5, 5.41) is 12.2. The van der Waals surface area contributed by atoms with Crippen molar-refractivity contribution in [3.63, 3.8) is 0 Å². The fourth-order valence-corrected chi connectivity index (χ4v) is 1.39. The number of pyridine rings is 1. The quantitative estimate of drug-likeness (QED) is 0.379. The SMILES string of the molecule is N=C(S)Nc1cc2ccccc2cn1. The van der Waals surface area contributed by atoms with Crippen LogP contribution in [0.4, 0.5) is 5.82 Å². The Balaban J connectivity index is 2.46. The maximum Gasteiger partial charge on any atom is 0.156 e. The van der Waals surface area contributed by atoms with Gasteiger partial charge < -0.3 is 5.32 Å². The summed E-state index contributed by atoms with van der Waals surface area (Å²) in [7, 11) is 0. The van der Waals surface area contributed by atoms with Crippen LogP contribution in [-0.4, -0.2) is 10.2 Å². The van der Waals surface area contributed by atoms with E-state index in [1.807, 2.05) is 30.3 Å². The Morgan fingerprint density at radius 1 is 1.29 bits per heavy atom. The molecule has 0 radical (unpaired) electrons. The first-order chi connectivity index (χ1) is 6.75. The van der Waals surface area contributed by atoms with Gasteiger partial charge in [0.2, 0.25) is 0 Å². The van der Waals surface area contributed by atoms with E-state index < -0.39 is 0 Å². The van der Waals surface area contributed by atoms with Crippen LogP contribution < -0.4 is 5.32 Å². The summed E-state index contributed by atoms with van der Waals surface area (Å²) in [5.74, 6) is 0.642. The number of nitrogens with one attached hydrogen (secondary N) is 2. The van der Waals surface area contributed by atoms with Crippen molar-refractivity contribution in [2.24, 2.45) is 0 Å². The van der Waals surface area contributed by atoms with Gasteiger partial charge in [-0.2, -0.15) is 0 Å². The van der Waals surface area contributed by atoms with Crippen molar-refractivity contribution in [1.29, 1.82) is 5.41 Å². The monoisotopic (exact) mass is 203 g/mol. The van der Waals surface area contributed by atoms with E-state index in [1.165, 1.54) is 0 Å². The van der Waals surface area contributed by atoms with Gasteiger partial charge in [0.25, 0.3) is 0 Å². The van der Waals surface area contributed by atoms with Crippen molar-refractivity contribution in [3.8, 4) is 0 Å². The Kier molecular flexibility index (Phi) is 2.37. The molecular formula is C10H9N3S. The zero-order valence-electron chi connectivity index (χ0n) is 7.36. The highest BCUT2D eigenvalue weighted by Crippen LogP contribution is 2.15. The third kappa shape index (κ3) is 1.85. The minimum atomic E-state index is 0.0905. The van der Waals surface area contributed by atoms with E-state index in [0.717, 1.165) is 10.8 Å². The Labute approximate surface area is 87.1 Å². The standard InChI is InChI=1S/C10H9N3S/c11-10(14)13-9-5-7-3-1-2-4-8(7)6-12-9/h1-6H,(H3,11,12,13,14). The van der Waals surface area contributed by atoms with Crippen LogP contribution in [0.15, 0.2) is 36.5 Å². The first-order valence-corrected chi connectivity index (χ1v) is 4.60. The Morgan fingerprint density at radius 3 is 2.71 bits per heavy atom. The first-order valence-electron chi connectivity index (χ1n) is 4.15. The molecule has 0 aliphatic carbocycles. The average Bonchev–Trinajstić information content (AvgIpc) is 2.17. The number of fused-ring (bicyclic) bond motifs is 1. The lowest BCUT2D eigenvalue weighted by atomic mass is 10.2. The van der Waals surface area contributed by atoms with E-state index in [2.05, 4.69) is 22.9 Å². The van der Waals surface area contributed by atoms with Crippen LogP contribution >= 0.6 is 12.6 Å². The first kappa shape index (κ1) is 9.02. The average molecular weight is 203 g/mol. The molecule has 0 fully saturated rings. The molecule has 0 unspecified atom stereocenters. The third-order valence-electron chi connectivity index (χ3n) is 1.88. The Hall–Kier alpha value is -1.55. The van der Waals surface area contributed by atoms with E-state index in [9.17, 15) is 0 Å². The van der Waals surface area contributed by atoms with Gasteiger partial charge in [0.05, 0.1) is 0 Å². The second-order valence-electron chi connectivity index (χ2n) is 2.89. The summed E-state index contributed by atoms with van der Waals surface area (Å²) < 4.78 is 0. The number of rotatable bonds is 1. The van der Waals surface area contributed by atoms with Crippen LogP contribution in [0, 0.1) is 5.41 Å². The highest BCUT2D eigenvalue weighted by molar-refractivity contribution is 7.97. The minimum Gasteiger partial charge on any atom is -0.320 e. The van der Waals surface area contributed by atoms with E-state index in [4.69, 9.17) is 5.41 Å². The zero-order chi connectivity index (χ0) is 9.97. The van der Waals surface area contributed by atoms with E-state index in [0.29, 0.717) is 5.82 Å². The van der Waals surface area contributed by atoms with Gasteiger partial charge in [0.15, 0.2) is 5.17 Å². The molecule has 0 bridgehead atoms. The highest BCUT2D eigenvalue weighted by Gasteiger charge is 1.97. The molecule has 2 N–H and O–H groups in total. The van der Waals surface area contributed by atoms with Gasteiger partial charge in [-0.25, -0.2) is 4.98 Å². The molecule has 4 heteroatoms. The van der Waals surface area contributed by atoms with Crippen LogP contribution in [0.25, 0.3) is 10.8 Å². The molecule has 70 valence electrons. The summed E-state index contributed by atoms with van der Waals surface area (Å²) in [6, 6.07) is 9.83. The number of aromatic nitrogens is 1. The molecule has 0 atom stereocenters. The highest BCUT2D eigenvalue weighted by atomic mass is 32.1. The molecule has 14 heavy (non-hydrogen) atoms. The van der Waals surface area contributed by atoms with E-state index in [-0.39, 0.29) is 5.17 Å². The number of anilines is 1. The van der Waals surface area contributed by atoms with Crippen LogP contribution in [0.1, 0.15) is 0 Å². The van der Waals surface area contributed by atoms with Crippen molar-refractivity contribution < 1.29 is 0 Å². The van der Waals surface area contributed by atoms with Gasteiger partial charge in [0, 0.05) is 11.6 Å². The molecule has 0 aliphatic rings. The third-order valence-corrected chi connectivity index (χ3v) is 1.99. The predicted octanol–water partition coefficient (Wildman–Crippen LogP) is 2.51. The number of amidine groups is 1. The molecule has 1 aromatic carbocycles. The maximum atomic E-state index is 7.15. The number of nitrogens with zero attached hydrogens (tertiary/aromatic N) is 1. The molecule has 0 aliphatic heterocycles. The topological polar surface area (TPSA) is 48.8 Å². The molecule has 2 aromatic rings. The molecule has 1 aromatic heterocycles. The van der Waals surface area contributed by atoms with Crippen molar-refractivity contribution >= 4 is 34.4 Å². The molecular weight excluding hydrogens is 194 g/mol. The maximum absolute atomic E-state index is 7.15. The van der Waals surface area contributed by atoms with Gasteiger partial charge in [-0.1, -0.05) is 24.3 Å². The van der Waals surface area contributed by atoms with E-state index >= 15 is 0 Å². The van der Waals surface area contributed by atoms with E-state index in [1.54, 1.807) is 6.20 Å². The minimum absolute atomic E-state index is 0.0905. The van der Waals surface area contributed by atoms with Crippen LogP contribution in [0.5, 0.6) is 0 Å². The van der Waals surface area contributed by atoms with Crippen molar-refractivity contribution in [2.75, 3.05) is 5.32 Å². The lowest BCUT2D eigenvalue weighted by molar-refractivity contribution is 1.35. The van der Waals surface area contributed by atoms with Gasteiger partial charge in [-0.05, 0) is 11.5 Å². The molecule has 1 heterocycles. The predicted molar refractivity (Wildman–Crippen MR) is 62.1 cm³/mol. The summed E-state index contributed by atoms with van der Waals surface area (Å²) in [5.41, 5.74) is 0. The summed E-state index contributed by atoms with van der Waals surface area (Å²) >= 11 is 3.84. The molecule has 0 saturated heterocycles. The Morgan fingerprint density at radius 2 is 2.00 bits per heavy atom. The molecule has 0 saturated carbocycles. The fourth-order valence-electron chi connectivity index (χ4n) is 1.27. The van der Waals surface area contributed by atoms with Crippen LogP contribution in [0.3, 0.4) is 0 Å². The van der Waals surface area contributed by atoms with Crippen LogP contribution in [-0.2, 0) is 0 Å². The molecule has 0 spiro atoms. The fraction of sp³-hybridized carbons (Fsp3) is 0. The second kappa shape index (κ2) is 3.67. The van der Waals surface area contributed by atoms with Crippen molar-refractivity contribution in [3.05, 3.63) is 36.5 Å². The number of hydrogen-bond donors (Lipinski definition) is 3. The normalized spacial score (nSPS) is 10.1. The molecule has 0 amide bonds. The van der Waals surface area contributed by atoms with Gasteiger partial charge in [-0.15, -0.1) is 12.6 Å². The lowest BCUT2D eigenvalue weighted by Gasteiger charge is -2.03. The second-order valence-corrected chi connectivity index (χ2v) is 3.34. The largest absolute Gasteiger partial charge is 0.320 e. The van der Waals surface area contributed by atoms with Gasteiger partial charge >= 0.3 is 0 Å². The van der Waals surface area contributed by atoms with Gasteiger partial charge in [-0.3, -0.25) is 5.41 Å². The van der Waals surface area contributed by atoms with Crippen molar-refractivity contribution in [2.45, 2.75) is 0 Å². The summed E-state index contributed by atoms with van der Waals surface area (Å²) in [6.45, 7) is 0. The smallest absolute Gasteiger partial charge is 0.156 e. The lowest BCUT2D eigenvalue weighted by Crippen LogP contribution is -2.03. The number of thiol groups is 1. The van der Waals surface area contributed by atoms with Crippen molar-refractivity contribution in [1.82, 2.24) is 4.98 Å². The van der Waals surface area contributed by atoms with Crippen LogP contribution in [0.2, 0.25) is 0 Å². The summed E-state index contributed by atoms with van der Waals surface area (Å²) in [6.07, 6.45) is 1.77. The molecule has 3 nitrogen and oxygen atoms in total. The molecule has 2 rings (SSSR count). The Bertz CT molecular complexity index is 482. The number of benzene rings is 1.